The van der Waals surface area contributed by atoms with Gasteiger partial charge in [-0.1, -0.05) is 42.8 Å². The van der Waals surface area contributed by atoms with Crippen LogP contribution < -0.4 is 0 Å². The van der Waals surface area contributed by atoms with Gasteiger partial charge >= 0.3 is 0 Å². The molecule has 0 fully saturated rings. The minimum absolute atomic E-state index is 0.156. The Kier molecular flexibility index (Phi) is 3.18. The lowest BCUT2D eigenvalue weighted by atomic mass is 10.2. The molecule has 2 heteroatoms. The van der Waals surface area contributed by atoms with E-state index in [-0.39, 0.29) is 5.75 Å². The molecule has 0 unspecified atom stereocenters. The number of halogens is 1. The van der Waals surface area contributed by atoms with Crippen molar-refractivity contribution in [1.82, 2.24) is 0 Å². The van der Waals surface area contributed by atoms with E-state index < -0.39 is 0 Å². The van der Waals surface area contributed by atoms with E-state index in [0.29, 0.717) is 5.02 Å². The van der Waals surface area contributed by atoms with E-state index in [1.807, 2.05) is 31.2 Å². The quantitative estimate of drug-likeness (QED) is 0.743. The average molecular weight is 183 g/mol. The third-order valence-corrected chi connectivity index (χ3v) is 1.86. The van der Waals surface area contributed by atoms with Gasteiger partial charge in [0.25, 0.3) is 0 Å². The van der Waals surface area contributed by atoms with Crippen LogP contribution in [0.3, 0.4) is 0 Å². The molecule has 0 aliphatic carbocycles. The van der Waals surface area contributed by atoms with Gasteiger partial charge < -0.3 is 5.11 Å². The largest absolute Gasteiger partial charge is 0.506 e. The van der Waals surface area contributed by atoms with E-state index in [0.717, 1.165) is 12.0 Å². The van der Waals surface area contributed by atoms with Crippen molar-refractivity contribution < 1.29 is 5.11 Å². The molecule has 0 heterocycles. The van der Waals surface area contributed by atoms with Gasteiger partial charge in [-0.05, 0) is 12.5 Å². The van der Waals surface area contributed by atoms with E-state index in [2.05, 4.69) is 0 Å². The van der Waals surface area contributed by atoms with Gasteiger partial charge in [0.1, 0.15) is 5.75 Å². The number of allylic oxidation sites excluding steroid dienone is 1. The number of para-hydroxylation sites is 1. The maximum absolute atomic E-state index is 9.44. The van der Waals surface area contributed by atoms with Crippen molar-refractivity contribution >= 4 is 17.7 Å². The van der Waals surface area contributed by atoms with E-state index in [1.54, 1.807) is 6.07 Å². The summed E-state index contributed by atoms with van der Waals surface area (Å²) in [5, 5.41) is 9.84. The van der Waals surface area contributed by atoms with Gasteiger partial charge in [0.2, 0.25) is 0 Å². The number of hydrogen-bond acceptors (Lipinski definition) is 1. The van der Waals surface area contributed by atoms with Gasteiger partial charge in [0.15, 0.2) is 0 Å². The van der Waals surface area contributed by atoms with E-state index in [9.17, 15) is 5.11 Å². The first-order chi connectivity index (χ1) is 5.75. The van der Waals surface area contributed by atoms with Crippen LogP contribution in [-0.4, -0.2) is 5.11 Å². The minimum atomic E-state index is 0.156. The number of benzene rings is 1. The second kappa shape index (κ2) is 4.17. The molecule has 0 saturated carbocycles. The standard InChI is InChI=1S/C10H11ClO/c1-2-3-5-8-6-4-7-9(11)10(8)12/h3-7,12H,2H2,1H3/b5-3+. The zero-order valence-electron chi connectivity index (χ0n) is 6.92. The van der Waals surface area contributed by atoms with Gasteiger partial charge in [-0.3, -0.25) is 0 Å². The van der Waals surface area contributed by atoms with Crippen LogP contribution in [-0.2, 0) is 0 Å². The molecule has 0 aliphatic rings. The fourth-order valence-corrected chi connectivity index (χ4v) is 1.09. The summed E-state index contributed by atoms with van der Waals surface area (Å²) in [6.45, 7) is 2.04. The van der Waals surface area contributed by atoms with Crippen molar-refractivity contribution in [2.24, 2.45) is 0 Å². The summed E-state index contributed by atoms with van der Waals surface area (Å²) in [7, 11) is 0. The van der Waals surface area contributed by atoms with E-state index in [4.69, 9.17) is 11.6 Å². The molecular weight excluding hydrogens is 172 g/mol. The fraction of sp³-hybridized carbons (Fsp3) is 0.200. The van der Waals surface area contributed by atoms with Crippen LogP contribution in [0.25, 0.3) is 6.08 Å². The van der Waals surface area contributed by atoms with Gasteiger partial charge in [0.05, 0.1) is 5.02 Å². The molecule has 0 saturated heterocycles. The molecule has 1 aromatic carbocycles. The predicted octanol–water partition coefficient (Wildman–Crippen LogP) is 3.47. The number of phenolic OH excluding ortho intramolecular Hbond substituents is 1. The Bertz CT molecular complexity index is 292. The van der Waals surface area contributed by atoms with Crippen molar-refractivity contribution in [3.8, 4) is 5.75 Å². The Morgan fingerprint density at radius 3 is 2.92 bits per heavy atom. The highest BCUT2D eigenvalue weighted by Gasteiger charge is 2.00. The smallest absolute Gasteiger partial charge is 0.141 e. The molecule has 1 N–H and O–H groups in total. The van der Waals surface area contributed by atoms with Gasteiger partial charge in [-0.2, -0.15) is 0 Å². The lowest BCUT2D eigenvalue weighted by Gasteiger charge is -1.99. The maximum atomic E-state index is 9.44. The van der Waals surface area contributed by atoms with Crippen molar-refractivity contribution in [3.63, 3.8) is 0 Å². The molecule has 0 amide bonds. The first-order valence-corrected chi connectivity index (χ1v) is 4.27. The average Bonchev–Trinajstić information content (AvgIpc) is 2.08. The number of rotatable bonds is 2. The molecule has 1 rings (SSSR count). The third-order valence-electron chi connectivity index (χ3n) is 1.55. The molecule has 1 aromatic rings. The molecule has 0 spiro atoms. The highest BCUT2D eigenvalue weighted by Crippen LogP contribution is 2.27. The van der Waals surface area contributed by atoms with Gasteiger partial charge in [-0.25, -0.2) is 0 Å². The van der Waals surface area contributed by atoms with Crippen molar-refractivity contribution in [1.29, 1.82) is 0 Å². The number of hydrogen-bond donors (Lipinski definition) is 1. The molecule has 64 valence electrons. The van der Waals surface area contributed by atoms with Crippen LogP contribution in [0.5, 0.6) is 5.75 Å². The second-order valence-electron chi connectivity index (χ2n) is 2.49. The maximum Gasteiger partial charge on any atom is 0.141 e. The van der Waals surface area contributed by atoms with Crippen LogP contribution in [0.4, 0.5) is 0 Å². The number of phenols is 1. The van der Waals surface area contributed by atoms with Crippen LogP contribution in [0.1, 0.15) is 18.9 Å². The van der Waals surface area contributed by atoms with Crippen LogP contribution >= 0.6 is 11.6 Å². The van der Waals surface area contributed by atoms with E-state index >= 15 is 0 Å². The lowest BCUT2D eigenvalue weighted by Crippen LogP contribution is -1.74. The van der Waals surface area contributed by atoms with Crippen LogP contribution in [0.15, 0.2) is 24.3 Å². The fourth-order valence-electron chi connectivity index (χ4n) is 0.911. The van der Waals surface area contributed by atoms with Gasteiger partial charge in [0, 0.05) is 5.56 Å². The summed E-state index contributed by atoms with van der Waals surface area (Å²) in [5.41, 5.74) is 0.768. The predicted molar refractivity (Wildman–Crippen MR) is 52.4 cm³/mol. The van der Waals surface area contributed by atoms with Crippen molar-refractivity contribution in [3.05, 3.63) is 34.9 Å². The Balaban J connectivity index is 3.00. The number of aromatic hydroxyl groups is 1. The summed E-state index contributed by atoms with van der Waals surface area (Å²) in [4.78, 5) is 0. The first kappa shape index (κ1) is 9.14. The van der Waals surface area contributed by atoms with Gasteiger partial charge in [-0.15, -0.1) is 0 Å². The Labute approximate surface area is 77.3 Å². The normalized spacial score (nSPS) is 10.8. The molecule has 12 heavy (non-hydrogen) atoms. The lowest BCUT2D eigenvalue weighted by molar-refractivity contribution is 0.474. The van der Waals surface area contributed by atoms with Crippen LogP contribution in [0, 0.1) is 0 Å². The summed E-state index contributed by atoms with van der Waals surface area (Å²) in [6, 6.07) is 5.31. The summed E-state index contributed by atoms with van der Waals surface area (Å²) >= 11 is 5.71. The second-order valence-corrected chi connectivity index (χ2v) is 2.90. The summed E-state index contributed by atoms with van der Waals surface area (Å²) in [6.07, 6.45) is 4.79. The zero-order valence-corrected chi connectivity index (χ0v) is 7.67. The zero-order chi connectivity index (χ0) is 8.97. The molecule has 0 atom stereocenters. The Hall–Kier alpha value is -0.950. The Morgan fingerprint density at radius 1 is 1.50 bits per heavy atom. The molecule has 0 aliphatic heterocycles. The molecule has 0 aromatic heterocycles. The van der Waals surface area contributed by atoms with Crippen LogP contribution in [0.2, 0.25) is 5.02 Å². The van der Waals surface area contributed by atoms with Crippen molar-refractivity contribution in [2.75, 3.05) is 0 Å². The third kappa shape index (κ3) is 2.02. The first-order valence-electron chi connectivity index (χ1n) is 3.89. The minimum Gasteiger partial charge on any atom is -0.506 e. The molecule has 1 nitrogen and oxygen atoms in total. The van der Waals surface area contributed by atoms with Crippen molar-refractivity contribution in [2.45, 2.75) is 13.3 Å². The molecular formula is C10H11ClO. The molecule has 0 radical (unpaired) electrons. The topological polar surface area (TPSA) is 20.2 Å². The summed E-state index contributed by atoms with van der Waals surface area (Å²) in [5.74, 6) is 0.156. The summed E-state index contributed by atoms with van der Waals surface area (Å²) < 4.78 is 0. The monoisotopic (exact) mass is 182 g/mol. The molecule has 0 bridgehead atoms. The highest BCUT2D eigenvalue weighted by atomic mass is 35.5. The SMILES string of the molecule is CC/C=C/c1cccc(Cl)c1O. The highest BCUT2D eigenvalue weighted by molar-refractivity contribution is 6.32. The Morgan fingerprint density at radius 2 is 2.25 bits per heavy atom. The van der Waals surface area contributed by atoms with E-state index in [1.165, 1.54) is 0 Å².